The molecule has 1 heterocycles. The Morgan fingerprint density at radius 3 is 2.76 bits per heavy atom. The van der Waals surface area contributed by atoms with Crippen molar-refractivity contribution in [1.29, 1.82) is 0 Å². The van der Waals surface area contributed by atoms with Gasteiger partial charge in [-0.15, -0.1) is 5.10 Å². The monoisotopic (exact) mass is 339 g/mol. The molecular formula is C22H33N3. The molecule has 5 rings (SSSR count). The van der Waals surface area contributed by atoms with Crippen molar-refractivity contribution in [3.63, 3.8) is 0 Å². The molecule has 0 aromatic carbocycles. The molecule has 0 unspecified atom stereocenters. The fourth-order valence-corrected chi connectivity index (χ4v) is 7.71. The summed E-state index contributed by atoms with van der Waals surface area (Å²) < 4.78 is 2.05. The number of aromatic nitrogens is 3. The Morgan fingerprint density at radius 2 is 1.96 bits per heavy atom. The van der Waals surface area contributed by atoms with Gasteiger partial charge in [0, 0.05) is 11.1 Å². The Bertz CT molecular complexity index is 677. The molecule has 1 aromatic rings. The standard InChI is InChI=1S/C22H33N3/c1-15-8-10-21(2)16(14-15)4-5-17-18-6-7-20(25-13-12-23-24-25)22(18,3)11-9-19(17)21/h7,12-13,15-19H,4-6,8-11,14H2,1-3H3/t15-,16-,17-,18-,19-,21-,22-/m0/s1. The van der Waals surface area contributed by atoms with Crippen molar-refractivity contribution >= 4 is 5.70 Å². The minimum absolute atomic E-state index is 0.306. The lowest BCUT2D eigenvalue weighted by atomic mass is 9.44. The Kier molecular flexibility index (Phi) is 3.50. The molecular weight excluding hydrogens is 306 g/mol. The van der Waals surface area contributed by atoms with E-state index in [4.69, 9.17) is 0 Å². The largest absolute Gasteiger partial charge is 0.225 e. The van der Waals surface area contributed by atoms with Crippen LogP contribution < -0.4 is 0 Å². The summed E-state index contributed by atoms with van der Waals surface area (Å²) in [6.45, 7) is 7.67. The van der Waals surface area contributed by atoms with Crippen LogP contribution in [0.4, 0.5) is 0 Å². The Morgan fingerprint density at radius 1 is 1.08 bits per heavy atom. The predicted molar refractivity (Wildman–Crippen MR) is 101 cm³/mol. The first-order valence-corrected chi connectivity index (χ1v) is 10.6. The number of hydrogen-bond donors (Lipinski definition) is 0. The topological polar surface area (TPSA) is 30.7 Å². The van der Waals surface area contributed by atoms with Crippen LogP contribution in [0.2, 0.25) is 0 Å². The van der Waals surface area contributed by atoms with Gasteiger partial charge in [-0.2, -0.15) is 0 Å². The Hall–Kier alpha value is -1.12. The van der Waals surface area contributed by atoms with E-state index in [1.807, 2.05) is 12.4 Å². The second-order valence-electron chi connectivity index (χ2n) is 10.2. The third kappa shape index (κ3) is 2.16. The second kappa shape index (κ2) is 5.44. The van der Waals surface area contributed by atoms with E-state index in [9.17, 15) is 0 Å². The summed E-state index contributed by atoms with van der Waals surface area (Å²) in [5, 5.41) is 8.39. The molecule has 3 saturated carbocycles. The Labute approximate surface area is 152 Å². The van der Waals surface area contributed by atoms with Crippen LogP contribution in [0.15, 0.2) is 18.5 Å². The van der Waals surface area contributed by atoms with Gasteiger partial charge in [0.15, 0.2) is 0 Å². The molecule has 0 bridgehead atoms. The highest BCUT2D eigenvalue weighted by molar-refractivity contribution is 5.55. The van der Waals surface area contributed by atoms with Crippen molar-refractivity contribution in [3.8, 4) is 0 Å². The average molecular weight is 340 g/mol. The molecule has 1 aromatic heterocycles. The molecule has 0 aliphatic heterocycles. The fraction of sp³-hybridized carbons (Fsp3) is 0.818. The first-order valence-electron chi connectivity index (χ1n) is 10.6. The lowest BCUT2D eigenvalue weighted by Gasteiger charge is -2.60. The van der Waals surface area contributed by atoms with Crippen LogP contribution in [-0.4, -0.2) is 15.0 Å². The van der Waals surface area contributed by atoms with E-state index in [1.54, 1.807) is 0 Å². The van der Waals surface area contributed by atoms with Gasteiger partial charge in [0.2, 0.25) is 0 Å². The van der Waals surface area contributed by atoms with Crippen molar-refractivity contribution in [2.45, 2.75) is 72.1 Å². The smallest absolute Gasteiger partial charge is 0.0697 e. The summed E-state index contributed by atoms with van der Waals surface area (Å²) >= 11 is 0. The number of allylic oxidation sites excluding steroid dienone is 2. The van der Waals surface area contributed by atoms with Gasteiger partial charge >= 0.3 is 0 Å². The number of rotatable bonds is 1. The van der Waals surface area contributed by atoms with Crippen LogP contribution in [0, 0.1) is 40.4 Å². The third-order valence-corrected chi connectivity index (χ3v) is 9.14. The zero-order chi connectivity index (χ0) is 17.2. The SMILES string of the molecule is C[C@H]1CC[C@@]2(C)[C@@H](CC[C@@H]3[C@@H]2CC[C@]2(C)C(n4ccnn4)=CC[C@@H]32)C1. The van der Waals surface area contributed by atoms with E-state index in [0.717, 1.165) is 29.6 Å². The lowest BCUT2D eigenvalue weighted by Crippen LogP contribution is -2.53. The fourth-order valence-electron chi connectivity index (χ4n) is 7.71. The number of nitrogens with zero attached hydrogens (tertiary/aromatic N) is 3. The number of hydrogen-bond acceptors (Lipinski definition) is 2. The van der Waals surface area contributed by atoms with Gasteiger partial charge in [-0.3, -0.25) is 0 Å². The van der Waals surface area contributed by atoms with E-state index < -0.39 is 0 Å². The quantitative estimate of drug-likeness (QED) is 0.685. The summed E-state index contributed by atoms with van der Waals surface area (Å²) in [5.41, 5.74) is 2.35. The molecule has 0 amide bonds. The highest BCUT2D eigenvalue weighted by Crippen LogP contribution is 2.67. The van der Waals surface area contributed by atoms with Gasteiger partial charge in [-0.05, 0) is 80.0 Å². The summed E-state index contributed by atoms with van der Waals surface area (Å²) in [6, 6.07) is 0. The highest BCUT2D eigenvalue weighted by Gasteiger charge is 2.58. The Balaban J connectivity index is 1.44. The van der Waals surface area contributed by atoms with Crippen molar-refractivity contribution in [1.82, 2.24) is 15.0 Å². The van der Waals surface area contributed by atoms with Gasteiger partial charge in [0.05, 0.1) is 12.4 Å². The number of fused-ring (bicyclic) bond motifs is 5. The summed E-state index contributed by atoms with van der Waals surface area (Å²) in [7, 11) is 0. The van der Waals surface area contributed by atoms with Gasteiger partial charge in [0.25, 0.3) is 0 Å². The molecule has 7 atom stereocenters. The maximum atomic E-state index is 4.32. The molecule has 4 aliphatic rings. The molecule has 0 N–H and O–H groups in total. The molecule has 0 radical (unpaired) electrons. The minimum Gasteiger partial charge on any atom is -0.225 e. The van der Waals surface area contributed by atoms with Crippen LogP contribution in [0.25, 0.3) is 5.70 Å². The first kappa shape index (κ1) is 16.1. The average Bonchev–Trinajstić information content (AvgIpc) is 3.22. The molecule has 0 spiro atoms. The molecule has 0 saturated heterocycles. The van der Waals surface area contributed by atoms with Crippen molar-refractivity contribution in [2.75, 3.05) is 0 Å². The zero-order valence-electron chi connectivity index (χ0n) is 16.1. The van der Waals surface area contributed by atoms with Crippen LogP contribution in [0.1, 0.15) is 72.1 Å². The minimum atomic E-state index is 0.306. The van der Waals surface area contributed by atoms with Gasteiger partial charge in [-0.1, -0.05) is 38.5 Å². The first-order chi connectivity index (χ1) is 12.0. The van der Waals surface area contributed by atoms with Gasteiger partial charge in [-0.25, -0.2) is 4.68 Å². The molecule has 136 valence electrons. The third-order valence-electron chi connectivity index (χ3n) is 9.14. The van der Waals surface area contributed by atoms with Crippen molar-refractivity contribution in [3.05, 3.63) is 18.5 Å². The zero-order valence-corrected chi connectivity index (χ0v) is 16.1. The van der Waals surface area contributed by atoms with Crippen LogP contribution in [0.5, 0.6) is 0 Å². The van der Waals surface area contributed by atoms with Crippen LogP contribution in [-0.2, 0) is 0 Å². The predicted octanol–water partition coefficient (Wildman–Crippen LogP) is 5.41. The second-order valence-corrected chi connectivity index (χ2v) is 10.2. The van der Waals surface area contributed by atoms with Crippen molar-refractivity contribution in [2.24, 2.45) is 40.4 Å². The van der Waals surface area contributed by atoms with E-state index >= 15 is 0 Å². The molecule has 3 fully saturated rings. The molecule has 4 aliphatic carbocycles. The maximum absolute atomic E-state index is 4.32. The van der Waals surface area contributed by atoms with Crippen LogP contribution >= 0.6 is 0 Å². The van der Waals surface area contributed by atoms with E-state index in [2.05, 4.69) is 41.8 Å². The van der Waals surface area contributed by atoms with E-state index in [0.29, 0.717) is 10.8 Å². The summed E-state index contributed by atoms with van der Waals surface area (Å²) in [5.74, 6) is 4.65. The van der Waals surface area contributed by atoms with Gasteiger partial charge < -0.3 is 0 Å². The highest BCUT2D eigenvalue weighted by atomic mass is 15.4. The van der Waals surface area contributed by atoms with E-state index in [1.165, 1.54) is 57.1 Å². The van der Waals surface area contributed by atoms with Crippen molar-refractivity contribution < 1.29 is 0 Å². The van der Waals surface area contributed by atoms with Crippen LogP contribution in [0.3, 0.4) is 0 Å². The summed E-state index contributed by atoms with van der Waals surface area (Å²) in [6.07, 6.45) is 17.7. The molecule has 3 nitrogen and oxygen atoms in total. The lowest BCUT2D eigenvalue weighted by molar-refractivity contribution is -0.104. The maximum Gasteiger partial charge on any atom is 0.0697 e. The van der Waals surface area contributed by atoms with E-state index in [-0.39, 0.29) is 0 Å². The van der Waals surface area contributed by atoms with Gasteiger partial charge in [0.1, 0.15) is 0 Å². The molecule has 3 heteroatoms. The summed E-state index contributed by atoms with van der Waals surface area (Å²) in [4.78, 5) is 0. The molecule has 25 heavy (non-hydrogen) atoms. The normalized spacial score (nSPS) is 49.1.